The summed E-state index contributed by atoms with van der Waals surface area (Å²) in [5.74, 6) is -0.00714. The van der Waals surface area contributed by atoms with Gasteiger partial charge in [0.15, 0.2) is 0 Å². The number of nitrogens with zero attached hydrogens (tertiary/aromatic N) is 1. The Morgan fingerprint density at radius 2 is 1.77 bits per heavy atom. The maximum absolute atomic E-state index is 11.9. The average molecular weight is 360 g/mol. The Bertz CT molecular complexity index is 617. The Morgan fingerprint density at radius 3 is 2.41 bits per heavy atom. The number of hydrogen-bond acceptors (Lipinski definition) is 2. The van der Waals surface area contributed by atoms with Crippen molar-refractivity contribution in [2.75, 3.05) is 0 Å². The van der Waals surface area contributed by atoms with E-state index in [-0.39, 0.29) is 18.1 Å². The van der Waals surface area contributed by atoms with Crippen molar-refractivity contribution in [1.29, 1.82) is 0 Å². The van der Waals surface area contributed by atoms with Crippen LogP contribution in [0.15, 0.2) is 60.7 Å². The number of amides is 1. The summed E-state index contributed by atoms with van der Waals surface area (Å²) in [6.07, 6.45) is 0.861. The zero-order valence-corrected chi connectivity index (χ0v) is 14.2. The van der Waals surface area contributed by atoms with Crippen LogP contribution in [0.3, 0.4) is 0 Å². The number of hydroxylamine groups is 2. The van der Waals surface area contributed by atoms with Crippen molar-refractivity contribution in [3.05, 3.63) is 66.2 Å². The molecule has 1 fully saturated rings. The molecule has 22 heavy (non-hydrogen) atoms. The molecular weight excluding hydrogens is 341 g/mol. The van der Waals surface area contributed by atoms with E-state index in [1.54, 1.807) is 12.0 Å². The minimum absolute atomic E-state index is 0.00714. The fraction of sp³-hybridized carbons (Fsp3) is 0.278. The van der Waals surface area contributed by atoms with Crippen molar-refractivity contribution in [3.8, 4) is 0 Å². The molecule has 0 spiro atoms. The summed E-state index contributed by atoms with van der Waals surface area (Å²) in [5.41, 5.74) is 1.14. The molecule has 0 aliphatic carbocycles. The molecule has 0 unspecified atom stereocenters. The number of carbonyl (C=O) groups excluding carboxylic acids is 1. The van der Waals surface area contributed by atoms with Crippen LogP contribution >= 0.6 is 0 Å². The summed E-state index contributed by atoms with van der Waals surface area (Å²) in [7, 11) is 0. The van der Waals surface area contributed by atoms with E-state index in [0.717, 1.165) is 17.3 Å². The van der Waals surface area contributed by atoms with E-state index in [1.807, 2.05) is 24.3 Å². The minimum atomic E-state index is -0.0123. The first kappa shape index (κ1) is 15.3. The predicted octanol–water partition coefficient (Wildman–Crippen LogP) is 2.73. The molecule has 114 valence electrons. The van der Waals surface area contributed by atoms with Gasteiger partial charge in [-0.05, 0) is 0 Å². The molecule has 1 aliphatic rings. The molecule has 1 amide bonds. The number of carbonyl (C=O) groups is 1. The van der Waals surface area contributed by atoms with Gasteiger partial charge in [-0.25, -0.2) is 0 Å². The molecule has 0 bridgehead atoms. The van der Waals surface area contributed by atoms with Crippen molar-refractivity contribution >= 4 is 25.3 Å². The molecule has 0 radical (unpaired) electrons. The molecule has 2 aromatic rings. The monoisotopic (exact) mass is 361 g/mol. The molecule has 1 heterocycles. The van der Waals surface area contributed by atoms with Crippen LogP contribution in [0.2, 0.25) is 5.32 Å². The van der Waals surface area contributed by atoms with Gasteiger partial charge in [-0.3, -0.25) is 0 Å². The Labute approximate surface area is 137 Å². The van der Waals surface area contributed by atoms with Crippen LogP contribution in [0.4, 0.5) is 0 Å². The number of rotatable bonds is 4. The van der Waals surface area contributed by atoms with Crippen LogP contribution in [0.25, 0.3) is 0 Å². The van der Waals surface area contributed by atoms with Crippen molar-refractivity contribution in [1.82, 2.24) is 5.06 Å². The molecule has 3 nitrogen and oxygen atoms in total. The third-order valence-electron chi connectivity index (χ3n) is 3.73. The standard InChI is InChI=1S/C18H19NO2Se/c1-14(20)19-16(13-22-17-10-6-3-7-11-17)12-18(21-19)15-8-4-2-5-9-15/h2-11,16,18H,12-13H2,1H3/t16-,18+/m1/s1. The van der Waals surface area contributed by atoms with Gasteiger partial charge in [-0.15, -0.1) is 0 Å². The zero-order chi connectivity index (χ0) is 15.4. The van der Waals surface area contributed by atoms with E-state index < -0.39 is 0 Å². The van der Waals surface area contributed by atoms with Gasteiger partial charge in [-0.1, -0.05) is 0 Å². The summed E-state index contributed by atoms with van der Waals surface area (Å²) < 4.78 is 1.36. The van der Waals surface area contributed by atoms with Crippen LogP contribution < -0.4 is 4.46 Å². The van der Waals surface area contributed by atoms with Gasteiger partial charge in [0.1, 0.15) is 0 Å². The van der Waals surface area contributed by atoms with Crippen LogP contribution in [-0.4, -0.2) is 32.0 Å². The van der Waals surface area contributed by atoms with Crippen LogP contribution in [0.5, 0.6) is 0 Å². The fourth-order valence-corrected chi connectivity index (χ4v) is 4.76. The first-order valence-electron chi connectivity index (χ1n) is 7.43. The first-order valence-corrected chi connectivity index (χ1v) is 9.50. The topological polar surface area (TPSA) is 29.5 Å². The molecule has 2 atom stereocenters. The Morgan fingerprint density at radius 1 is 1.14 bits per heavy atom. The van der Waals surface area contributed by atoms with Crippen LogP contribution in [0, 0.1) is 0 Å². The number of hydrogen-bond donors (Lipinski definition) is 0. The molecule has 3 rings (SSSR count). The summed E-state index contributed by atoms with van der Waals surface area (Å²) >= 11 is 0.356. The van der Waals surface area contributed by atoms with E-state index in [1.165, 1.54) is 4.46 Å². The molecule has 0 aromatic heterocycles. The molecule has 4 heteroatoms. The fourth-order valence-electron chi connectivity index (χ4n) is 2.65. The van der Waals surface area contributed by atoms with Gasteiger partial charge in [-0.2, -0.15) is 0 Å². The third kappa shape index (κ3) is 3.58. The van der Waals surface area contributed by atoms with Crippen molar-refractivity contribution in [2.45, 2.75) is 30.8 Å². The molecule has 1 aliphatic heterocycles. The van der Waals surface area contributed by atoms with Gasteiger partial charge in [0, 0.05) is 0 Å². The molecule has 0 N–H and O–H groups in total. The van der Waals surface area contributed by atoms with Gasteiger partial charge in [0.05, 0.1) is 0 Å². The van der Waals surface area contributed by atoms with Crippen molar-refractivity contribution < 1.29 is 9.63 Å². The number of benzene rings is 2. The molecule has 0 saturated carbocycles. The second-order valence-corrected chi connectivity index (χ2v) is 7.66. The van der Waals surface area contributed by atoms with E-state index in [0.29, 0.717) is 15.0 Å². The second kappa shape index (κ2) is 7.10. The second-order valence-electron chi connectivity index (χ2n) is 5.36. The van der Waals surface area contributed by atoms with Crippen LogP contribution in [0.1, 0.15) is 25.0 Å². The molecular formula is C18H19NO2Se. The molecule has 2 aromatic carbocycles. The van der Waals surface area contributed by atoms with Gasteiger partial charge in [0.25, 0.3) is 0 Å². The Kier molecular flexibility index (Phi) is 4.93. The van der Waals surface area contributed by atoms with E-state index in [4.69, 9.17) is 4.84 Å². The normalized spacial score (nSPS) is 21.0. The van der Waals surface area contributed by atoms with Crippen LogP contribution in [-0.2, 0) is 9.63 Å². The maximum atomic E-state index is 11.9. The van der Waals surface area contributed by atoms with Gasteiger partial charge in [0.2, 0.25) is 0 Å². The Balaban J connectivity index is 1.68. The first-order chi connectivity index (χ1) is 10.7. The third-order valence-corrected chi connectivity index (χ3v) is 6.15. The van der Waals surface area contributed by atoms with Crippen molar-refractivity contribution in [2.24, 2.45) is 0 Å². The van der Waals surface area contributed by atoms with E-state index in [9.17, 15) is 4.79 Å². The summed E-state index contributed by atoms with van der Waals surface area (Å²) in [5, 5.41) is 2.57. The Hall–Kier alpha value is -1.61. The average Bonchev–Trinajstić information content (AvgIpc) is 2.99. The molecule has 1 saturated heterocycles. The quantitative estimate of drug-likeness (QED) is 0.785. The van der Waals surface area contributed by atoms with E-state index >= 15 is 0 Å². The van der Waals surface area contributed by atoms with Crippen molar-refractivity contribution in [3.63, 3.8) is 0 Å². The summed E-state index contributed by atoms with van der Waals surface area (Å²) in [4.78, 5) is 17.8. The van der Waals surface area contributed by atoms with Gasteiger partial charge >= 0.3 is 137 Å². The summed E-state index contributed by atoms with van der Waals surface area (Å²) in [6, 6.07) is 20.8. The zero-order valence-electron chi connectivity index (χ0n) is 12.5. The predicted molar refractivity (Wildman–Crippen MR) is 87.8 cm³/mol. The SMILES string of the molecule is CC(=O)N1O[C@H](c2ccccc2)C[C@@H]1C[Se]c1ccccc1. The van der Waals surface area contributed by atoms with E-state index in [2.05, 4.69) is 36.4 Å². The van der Waals surface area contributed by atoms with Gasteiger partial charge < -0.3 is 0 Å². The summed E-state index contributed by atoms with van der Waals surface area (Å²) in [6.45, 7) is 1.58.